The molecule has 1 amide bonds. The molecule has 0 unspecified atom stereocenters. The maximum atomic E-state index is 12.6. The molecule has 146 valence electrons. The van der Waals surface area contributed by atoms with Crippen molar-refractivity contribution in [2.24, 2.45) is 5.10 Å². The zero-order chi connectivity index (χ0) is 20.3. The normalized spacial score (nSPS) is 11.6. The quantitative estimate of drug-likeness (QED) is 0.459. The van der Waals surface area contributed by atoms with Gasteiger partial charge in [-0.1, -0.05) is 47.8 Å². The molecule has 3 N–H and O–H groups in total. The Morgan fingerprint density at radius 3 is 2.75 bits per heavy atom. The zero-order valence-electron chi connectivity index (χ0n) is 15.0. The van der Waals surface area contributed by atoms with Crippen molar-refractivity contribution in [2.75, 3.05) is 5.73 Å². The molecule has 1 aromatic carbocycles. The molecule has 0 radical (unpaired) electrons. The van der Waals surface area contributed by atoms with Gasteiger partial charge in [0.25, 0.3) is 5.91 Å². The molecule has 0 saturated heterocycles. The van der Waals surface area contributed by atoms with E-state index in [4.69, 9.17) is 28.9 Å². The summed E-state index contributed by atoms with van der Waals surface area (Å²) in [6, 6.07) is 5.06. The molecule has 0 atom stereocenters. The van der Waals surface area contributed by atoms with E-state index in [0.29, 0.717) is 33.4 Å². The third kappa shape index (κ3) is 3.97. The molecule has 2 heterocycles. The lowest BCUT2D eigenvalue weighted by atomic mass is 10.1. The minimum atomic E-state index is -0.524. The number of hydrogen-bond donors (Lipinski definition) is 2. The van der Waals surface area contributed by atoms with Crippen LogP contribution in [0.4, 0.5) is 5.82 Å². The van der Waals surface area contributed by atoms with Crippen molar-refractivity contribution >= 4 is 40.6 Å². The van der Waals surface area contributed by atoms with Crippen molar-refractivity contribution in [1.29, 1.82) is 0 Å². The van der Waals surface area contributed by atoms with Crippen LogP contribution in [-0.2, 0) is 6.42 Å². The Hall–Kier alpha value is -2.98. The van der Waals surface area contributed by atoms with Crippen molar-refractivity contribution in [3.63, 3.8) is 0 Å². The summed E-state index contributed by atoms with van der Waals surface area (Å²) in [4.78, 5) is 12.6. The van der Waals surface area contributed by atoms with Gasteiger partial charge in [-0.15, -0.1) is 5.10 Å². The smallest absolute Gasteiger partial charge is 0.293 e. The van der Waals surface area contributed by atoms with Crippen LogP contribution in [0.2, 0.25) is 10.0 Å². The number of carbonyl (C=O) groups is 1. The number of carbonyl (C=O) groups excluding carboxylic acids is 1. The molecule has 0 aliphatic carbocycles. The van der Waals surface area contributed by atoms with E-state index in [9.17, 15) is 4.79 Å². The minimum absolute atomic E-state index is 0.0442. The maximum Gasteiger partial charge on any atom is 0.293 e. The van der Waals surface area contributed by atoms with Crippen LogP contribution in [0, 0.1) is 0 Å². The number of hydrazone groups is 1. The van der Waals surface area contributed by atoms with Crippen LogP contribution in [0.15, 0.2) is 27.9 Å². The lowest BCUT2D eigenvalue weighted by molar-refractivity contribution is 0.0948. The van der Waals surface area contributed by atoms with Crippen molar-refractivity contribution in [3.05, 3.63) is 45.2 Å². The van der Waals surface area contributed by atoms with E-state index in [1.807, 2.05) is 6.92 Å². The molecular weight excluding hydrogens is 407 g/mol. The van der Waals surface area contributed by atoms with E-state index in [0.717, 1.165) is 6.42 Å². The third-order valence-corrected chi connectivity index (χ3v) is 4.56. The first-order chi connectivity index (χ1) is 13.4. The summed E-state index contributed by atoms with van der Waals surface area (Å²) < 4.78 is 5.93. The van der Waals surface area contributed by atoms with E-state index in [1.165, 1.54) is 4.68 Å². The van der Waals surface area contributed by atoms with Crippen LogP contribution in [0.25, 0.3) is 5.82 Å². The third-order valence-electron chi connectivity index (χ3n) is 3.82. The molecule has 3 rings (SSSR count). The molecule has 0 aliphatic heterocycles. The maximum absolute atomic E-state index is 12.6. The molecule has 28 heavy (non-hydrogen) atoms. The van der Waals surface area contributed by atoms with Gasteiger partial charge in [0.05, 0.1) is 21.5 Å². The first kappa shape index (κ1) is 19.8. The first-order valence-electron chi connectivity index (χ1n) is 8.25. The predicted octanol–water partition coefficient (Wildman–Crippen LogP) is 2.65. The molecule has 0 bridgehead atoms. The first-order valence-corrected chi connectivity index (χ1v) is 9.01. The number of nitrogen functional groups attached to an aromatic ring is 1. The second kappa shape index (κ2) is 8.36. The SMILES string of the molecule is CCCc1c(C(=O)NN=C(C)c2ccc(Cl)c(Cl)c2)nnn1-c1nonc1N. The van der Waals surface area contributed by atoms with Crippen LogP contribution in [0.3, 0.4) is 0 Å². The van der Waals surface area contributed by atoms with Gasteiger partial charge < -0.3 is 5.73 Å². The van der Waals surface area contributed by atoms with Gasteiger partial charge in [-0.25, -0.2) is 10.1 Å². The molecule has 3 aromatic rings. The van der Waals surface area contributed by atoms with Gasteiger partial charge in [-0.3, -0.25) is 4.79 Å². The lowest BCUT2D eigenvalue weighted by Gasteiger charge is -2.05. The summed E-state index contributed by atoms with van der Waals surface area (Å²) >= 11 is 11.9. The van der Waals surface area contributed by atoms with Crippen molar-refractivity contribution in [1.82, 2.24) is 30.7 Å². The fraction of sp³-hybridized carbons (Fsp3) is 0.250. The van der Waals surface area contributed by atoms with Gasteiger partial charge in [-0.2, -0.15) is 9.78 Å². The van der Waals surface area contributed by atoms with Gasteiger partial charge in [0.1, 0.15) is 0 Å². The molecule has 0 spiro atoms. The number of nitrogens with one attached hydrogen (secondary N) is 1. The number of anilines is 1. The number of nitrogens with zero attached hydrogens (tertiary/aromatic N) is 6. The lowest BCUT2D eigenvalue weighted by Crippen LogP contribution is -2.21. The van der Waals surface area contributed by atoms with Crippen LogP contribution < -0.4 is 11.2 Å². The zero-order valence-corrected chi connectivity index (χ0v) is 16.5. The van der Waals surface area contributed by atoms with Gasteiger partial charge in [0.15, 0.2) is 5.69 Å². The molecule has 12 heteroatoms. The van der Waals surface area contributed by atoms with E-state index in [-0.39, 0.29) is 17.3 Å². The van der Waals surface area contributed by atoms with Crippen LogP contribution in [0.5, 0.6) is 0 Å². The summed E-state index contributed by atoms with van der Waals surface area (Å²) in [5.41, 5.74) is 10.1. The van der Waals surface area contributed by atoms with E-state index < -0.39 is 5.91 Å². The van der Waals surface area contributed by atoms with E-state index in [1.54, 1.807) is 25.1 Å². The number of halogens is 2. The number of nitrogens with two attached hydrogens (primary N) is 1. The summed E-state index contributed by atoms with van der Waals surface area (Å²) in [6.45, 7) is 3.68. The van der Waals surface area contributed by atoms with Crippen LogP contribution >= 0.6 is 23.2 Å². The Morgan fingerprint density at radius 1 is 1.32 bits per heavy atom. The van der Waals surface area contributed by atoms with Gasteiger partial charge in [0, 0.05) is 0 Å². The number of aromatic nitrogens is 5. The topological polar surface area (TPSA) is 137 Å². The second-order valence-electron chi connectivity index (χ2n) is 5.79. The van der Waals surface area contributed by atoms with Gasteiger partial charge in [0.2, 0.25) is 11.6 Å². The average molecular weight is 423 g/mol. The molecule has 10 nitrogen and oxygen atoms in total. The summed E-state index contributed by atoms with van der Waals surface area (Å²) in [5.74, 6) is -0.308. The molecule has 2 aromatic heterocycles. The largest absolute Gasteiger partial charge is 0.378 e. The average Bonchev–Trinajstić information content (AvgIpc) is 3.28. The Kier molecular flexibility index (Phi) is 5.90. The monoisotopic (exact) mass is 422 g/mol. The number of amides is 1. The Morgan fingerprint density at radius 2 is 2.11 bits per heavy atom. The van der Waals surface area contributed by atoms with E-state index >= 15 is 0 Å². The van der Waals surface area contributed by atoms with Crippen molar-refractivity contribution < 1.29 is 9.42 Å². The highest BCUT2D eigenvalue weighted by Crippen LogP contribution is 2.23. The highest BCUT2D eigenvalue weighted by molar-refractivity contribution is 6.42. The number of hydrogen-bond acceptors (Lipinski definition) is 8. The summed E-state index contributed by atoms with van der Waals surface area (Å²) in [5, 5.41) is 20.0. The van der Waals surface area contributed by atoms with Gasteiger partial charge in [-0.05, 0) is 41.4 Å². The fourth-order valence-corrected chi connectivity index (χ4v) is 2.72. The number of benzene rings is 1. The number of rotatable bonds is 6. The predicted molar refractivity (Wildman–Crippen MR) is 104 cm³/mol. The van der Waals surface area contributed by atoms with Crippen LogP contribution in [-0.4, -0.2) is 36.9 Å². The Balaban J connectivity index is 1.85. The Labute approximate surface area is 169 Å². The summed E-state index contributed by atoms with van der Waals surface area (Å²) in [6.07, 6.45) is 1.25. The van der Waals surface area contributed by atoms with Crippen molar-refractivity contribution in [3.8, 4) is 5.82 Å². The van der Waals surface area contributed by atoms with Crippen LogP contribution in [0.1, 0.15) is 42.0 Å². The molecular formula is C16H16Cl2N8O2. The van der Waals surface area contributed by atoms with Gasteiger partial charge >= 0.3 is 0 Å². The highest BCUT2D eigenvalue weighted by atomic mass is 35.5. The second-order valence-corrected chi connectivity index (χ2v) is 6.60. The van der Waals surface area contributed by atoms with Crippen molar-refractivity contribution in [2.45, 2.75) is 26.7 Å². The molecule has 0 fully saturated rings. The van der Waals surface area contributed by atoms with E-state index in [2.05, 4.69) is 35.8 Å². The molecule has 0 aliphatic rings. The standard InChI is InChI=1S/C16H16Cl2N8O2/c1-3-4-12-13(21-25-26(12)15-14(19)23-28-24-15)16(27)22-20-8(2)9-5-6-10(17)11(18)7-9/h5-7H,3-4H2,1-2H3,(H2,19,23)(H,22,27). The molecule has 0 saturated carbocycles. The fourth-order valence-electron chi connectivity index (χ4n) is 2.42. The minimum Gasteiger partial charge on any atom is -0.378 e. The highest BCUT2D eigenvalue weighted by Gasteiger charge is 2.23. The summed E-state index contributed by atoms with van der Waals surface area (Å²) in [7, 11) is 0. The Bertz CT molecular complexity index is 1040.